The Morgan fingerprint density at radius 1 is 1.07 bits per heavy atom. The molecule has 144 valence electrons. The number of aliphatic imine (C=N–C) groups is 1. The Balaban J connectivity index is 1.71. The lowest BCUT2D eigenvalue weighted by atomic mass is 10.3. The van der Waals surface area contributed by atoms with E-state index in [-0.39, 0.29) is 5.91 Å². The van der Waals surface area contributed by atoms with Crippen molar-refractivity contribution in [2.75, 3.05) is 18.5 Å². The number of unbranched alkanes of at least 4 members (excludes halogenated alkanes) is 1. The van der Waals surface area contributed by atoms with Crippen molar-refractivity contribution >= 4 is 57.6 Å². The van der Waals surface area contributed by atoms with E-state index in [1.54, 1.807) is 11.8 Å². The van der Waals surface area contributed by atoms with Gasteiger partial charge in [0.1, 0.15) is 4.91 Å². The molecule has 2 aliphatic heterocycles. The van der Waals surface area contributed by atoms with E-state index < -0.39 is 0 Å². The predicted octanol–water partition coefficient (Wildman–Crippen LogP) is 6.11. The number of thioether (sulfide) groups is 2. The topological polar surface area (TPSA) is 35.9 Å². The van der Waals surface area contributed by atoms with Gasteiger partial charge in [-0.15, -0.1) is 0 Å². The summed E-state index contributed by atoms with van der Waals surface area (Å²) < 4.78 is 0. The highest BCUT2D eigenvalue weighted by Crippen LogP contribution is 2.50. The van der Waals surface area contributed by atoms with Crippen molar-refractivity contribution in [3.8, 4) is 0 Å². The maximum atomic E-state index is 13.3. The molecule has 2 heterocycles. The molecule has 7 heteroatoms. The second-order valence-electron chi connectivity index (χ2n) is 6.55. The molecule has 28 heavy (non-hydrogen) atoms. The predicted molar refractivity (Wildman–Crippen MR) is 120 cm³/mol. The molecule has 1 amide bonds. The summed E-state index contributed by atoms with van der Waals surface area (Å²) in [6.45, 7) is 2.80. The highest BCUT2D eigenvalue weighted by Gasteiger charge is 2.38. The summed E-state index contributed by atoms with van der Waals surface area (Å²) >= 11 is 9.09. The molecule has 0 N–H and O–H groups in total. The summed E-state index contributed by atoms with van der Waals surface area (Å²) in [5.74, 6) is 0.0355. The molecule has 2 aromatic rings. The maximum absolute atomic E-state index is 13.3. The fraction of sp³-hybridized carbons (Fsp3) is 0.238. The number of halogens is 1. The summed E-state index contributed by atoms with van der Waals surface area (Å²) in [6.07, 6.45) is 1.96. The molecule has 0 saturated carbocycles. The summed E-state index contributed by atoms with van der Waals surface area (Å²) in [7, 11) is 2.01. The minimum atomic E-state index is 0.0355. The van der Waals surface area contributed by atoms with Crippen LogP contribution in [0.25, 0.3) is 0 Å². The van der Waals surface area contributed by atoms with E-state index in [0.29, 0.717) is 11.6 Å². The number of fused-ring (bicyclic) bond motifs is 1. The van der Waals surface area contributed by atoms with Crippen LogP contribution < -0.4 is 4.90 Å². The smallest absolute Gasteiger partial charge is 0.269 e. The quantitative estimate of drug-likeness (QED) is 0.549. The number of anilines is 1. The second-order valence-corrected chi connectivity index (χ2v) is 8.99. The normalized spacial score (nSPS) is 20.4. The lowest BCUT2D eigenvalue weighted by Crippen LogP contribution is -2.30. The number of nitrogens with zero attached hydrogens (tertiary/aromatic N) is 3. The van der Waals surface area contributed by atoms with Gasteiger partial charge in [0, 0.05) is 23.5 Å². The van der Waals surface area contributed by atoms with Gasteiger partial charge in [-0.1, -0.05) is 48.8 Å². The van der Waals surface area contributed by atoms with Crippen molar-refractivity contribution < 1.29 is 4.79 Å². The van der Waals surface area contributed by atoms with Gasteiger partial charge in [0.25, 0.3) is 5.91 Å². The Morgan fingerprint density at radius 2 is 1.82 bits per heavy atom. The molecular formula is C21H20ClN3OS2. The van der Waals surface area contributed by atoms with Crippen molar-refractivity contribution in [1.82, 2.24) is 4.90 Å². The molecule has 0 bridgehead atoms. The highest BCUT2D eigenvalue weighted by molar-refractivity contribution is 8.19. The lowest BCUT2D eigenvalue weighted by molar-refractivity contribution is -0.122. The second kappa shape index (κ2) is 8.23. The Kier molecular flexibility index (Phi) is 5.71. The first-order valence-electron chi connectivity index (χ1n) is 9.17. The lowest BCUT2D eigenvalue weighted by Gasteiger charge is -2.16. The van der Waals surface area contributed by atoms with Crippen LogP contribution in [0.3, 0.4) is 0 Å². The van der Waals surface area contributed by atoms with Crippen LogP contribution in [0.15, 0.2) is 68.4 Å². The van der Waals surface area contributed by atoms with Gasteiger partial charge in [-0.25, -0.2) is 4.99 Å². The van der Waals surface area contributed by atoms with Gasteiger partial charge >= 0.3 is 0 Å². The van der Waals surface area contributed by atoms with Crippen LogP contribution in [0.2, 0.25) is 5.02 Å². The molecule has 2 aliphatic rings. The van der Waals surface area contributed by atoms with E-state index in [2.05, 4.69) is 24.0 Å². The number of carbonyl (C=O) groups is 1. The molecule has 0 radical (unpaired) electrons. The van der Waals surface area contributed by atoms with Crippen molar-refractivity contribution in [1.29, 1.82) is 0 Å². The van der Waals surface area contributed by atoms with Gasteiger partial charge < -0.3 is 4.90 Å². The third kappa shape index (κ3) is 3.69. The molecule has 4 nitrogen and oxygen atoms in total. The van der Waals surface area contributed by atoms with E-state index in [1.165, 1.54) is 16.7 Å². The van der Waals surface area contributed by atoms with Crippen LogP contribution in [-0.2, 0) is 4.79 Å². The van der Waals surface area contributed by atoms with E-state index in [0.717, 1.165) is 39.3 Å². The van der Waals surface area contributed by atoms with Gasteiger partial charge in [-0.05, 0) is 54.6 Å². The Labute approximate surface area is 178 Å². The number of amidine groups is 1. The van der Waals surface area contributed by atoms with Crippen molar-refractivity contribution in [2.45, 2.75) is 24.7 Å². The van der Waals surface area contributed by atoms with Gasteiger partial charge in [0.15, 0.2) is 5.17 Å². The summed E-state index contributed by atoms with van der Waals surface area (Å²) in [4.78, 5) is 23.8. The average Bonchev–Trinajstić information content (AvgIpc) is 3.19. The molecule has 0 aliphatic carbocycles. The van der Waals surface area contributed by atoms with Gasteiger partial charge in [-0.2, -0.15) is 0 Å². The van der Waals surface area contributed by atoms with E-state index in [4.69, 9.17) is 16.6 Å². The van der Waals surface area contributed by atoms with Gasteiger partial charge in [0.2, 0.25) is 0 Å². The number of amides is 1. The Hall–Kier alpha value is -1.89. The van der Waals surface area contributed by atoms with Gasteiger partial charge in [-0.3, -0.25) is 9.69 Å². The zero-order chi connectivity index (χ0) is 19.7. The SMILES string of the molecule is CCCCN1C(=O)C(=C2Sc3ccccc3N2C)SC1=Nc1ccc(Cl)cc1. The van der Waals surface area contributed by atoms with Gasteiger partial charge in [0.05, 0.1) is 16.4 Å². The van der Waals surface area contributed by atoms with Crippen LogP contribution in [-0.4, -0.2) is 29.6 Å². The molecule has 0 spiro atoms. The molecular weight excluding hydrogens is 410 g/mol. The maximum Gasteiger partial charge on any atom is 0.269 e. The minimum absolute atomic E-state index is 0.0355. The minimum Gasteiger partial charge on any atom is -0.337 e. The number of hydrogen-bond donors (Lipinski definition) is 0. The zero-order valence-electron chi connectivity index (χ0n) is 15.7. The zero-order valence-corrected chi connectivity index (χ0v) is 18.1. The first-order valence-corrected chi connectivity index (χ1v) is 11.2. The van der Waals surface area contributed by atoms with Crippen LogP contribution in [0, 0.1) is 0 Å². The van der Waals surface area contributed by atoms with Crippen LogP contribution in [0.1, 0.15) is 19.8 Å². The largest absolute Gasteiger partial charge is 0.337 e. The summed E-state index contributed by atoms with van der Waals surface area (Å²) in [6, 6.07) is 15.6. The fourth-order valence-electron chi connectivity index (χ4n) is 3.06. The standard InChI is InChI=1S/C21H20ClN3OS2/c1-3-4-13-25-19(26)18(20-24(2)16-7-5-6-8-17(16)27-20)28-21(25)23-15-11-9-14(22)10-12-15/h5-12H,3-4,13H2,1-2H3. The van der Waals surface area contributed by atoms with Crippen LogP contribution >= 0.6 is 35.1 Å². The van der Waals surface area contributed by atoms with E-state index in [9.17, 15) is 4.79 Å². The summed E-state index contributed by atoms with van der Waals surface area (Å²) in [5, 5.41) is 2.37. The number of para-hydroxylation sites is 1. The first kappa shape index (κ1) is 19.4. The fourth-order valence-corrected chi connectivity index (χ4v) is 5.55. The molecule has 2 aromatic carbocycles. The monoisotopic (exact) mass is 429 g/mol. The van der Waals surface area contributed by atoms with Crippen LogP contribution in [0.5, 0.6) is 0 Å². The first-order chi connectivity index (χ1) is 13.6. The third-order valence-corrected chi connectivity index (χ3v) is 7.27. The number of benzene rings is 2. The van der Waals surface area contributed by atoms with Crippen molar-refractivity contribution in [3.05, 3.63) is 63.5 Å². The van der Waals surface area contributed by atoms with E-state index >= 15 is 0 Å². The molecule has 1 fully saturated rings. The molecule has 0 aromatic heterocycles. The average molecular weight is 430 g/mol. The van der Waals surface area contributed by atoms with Crippen molar-refractivity contribution in [3.63, 3.8) is 0 Å². The number of rotatable bonds is 4. The summed E-state index contributed by atoms with van der Waals surface area (Å²) in [5.41, 5.74) is 1.93. The Morgan fingerprint density at radius 3 is 2.54 bits per heavy atom. The number of carbonyl (C=O) groups excluding carboxylic acids is 1. The Bertz CT molecular complexity index is 972. The molecule has 0 unspecified atom stereocenters. The molecule has 0 atom stereocenters. The highest BCUT2D eigenvalue weighted by atomic mass is 35.5. The third-order valence-electron chi connectivity index (χ3n) is 4.58. The number of hydrogen-bond acceptors (Lipinski definition) is 5. The molecule has 4 rings (SSSR count). The van der Waals surface area contributed by atoms with E-state index in [1.807, 2.05) is 48.3 Å². The van der Waals surface area contributed by atoms with Crippen molar-refractivity contribution in [2.24, 2.45) is 4.99 Å². The molecule has 1 saturated heterocycles. The van der Waals surface area contributed by atoms with Crippen LogP contribution in [0.4, 0.5) is 11.4 Å².